The fraction of sp³-hybridized carbons (Fsp3) is 0.154. The Morgan fingerprint density at radius 2 is 2.11 bits per heavy atom. The number of hydrogen-bond acceptors (Lipinski definition) is 4. The Kier molecular flexibility index (Phi) is 4.11. The lowest BCUT2D eigenvalue weighted by atomic mass is 10.1. The lowest BCUT2D eigenvalue weighted by molar-refractivity contribution is -0.137. The van der Waals surface area contributed by atoms with Gasteiger partial charge < -0.3 is 10.4 Å². The van der Waals surface area contributed by atoms with E-state index in [1.807, 2.05) is 24.3 Å². The molecule has 5 nitrogen and oxygen atoms in total. The van der Waals surface area contributed by atoms with Crippen LogP contribution in [-0.4, -0.2) is 27.3 Å². The van der Waals surface area contributed by atoms with Crippen molar-refractivity contribution in [3.8, 4) is 11.3 Å². The van der Waals surface area contributed by atoms with E-state index in [-0.39, 0.29) is 0 Å². The minimum atomic E-state index is -0.933. The zero-order chi connectivity index (χ0) is 13.8. The van der Waals surface area contributed by atoms with Crippen LogP contribution >= 0.6 is 15.9 Å². The topological polar surface area (TPSA) is 75.1 Å². The Morgan fingerprint density at radius 1 is 1.32 bits per heavy atom. The van der Waals surface area contributed by atoms with E-state index < -0.39 is 12.0 Å². The Balaban J connectivity index is 2.17. The highest BCUT2D eigenvalue weighted by Crippen LogP contribution is 2.21. The summed E-state index contributed by atoms with van der Waals surface area (Å²) in [4.78, 5) is 10.7. The van der Waals surface area contributed by atoms with Crippen LogP contribution in [0.5, 0.6) is 0 Å². The highest BCUT2D eigenvalue weighted by molar-refractivity contribution is 9.10. The van der Waals surface area contributed by atoms with Crippen molar-refractivity contribution in [2.24, 2.45) is 0 Å². The fourth-order valence-corrected chi connectivity index (χ4v) is 1.89. The van der Waals surface area contributed by atoms with Gasteiger partial charge in [0.05, 0.1) is 5.69 Å². The van der Waals surface area contributed by atoms with Gasteiger partial charge in [-0.3, -0.25) is 4.79 Å². The molecule has 1 heterocycles. The lowest BCUT2D eigenvalue weighted by Gasteiger charge is -2.09. The molecule has 0 aliphatic carbocycles. The van der Waals surface area contributed by atoms with Crippen LogP contribution in [0, 0.1) is 0 Å². The van der Waals surface area contributed by atoms with Crippen LogP contribution in [-0.2, 0) is 4.79 Å². The summed E-state index contributed by atoms with van der Waals surface area (Å²) in [6.45, 7) is 1.55. The molecule has 19 heavy (non-hydrogen) atoms. The van der Waals surface area contributed by atoms with Gasteiger partial charge in [0.25, 0.3) is 0 Å². The van der Waals surface area contributed by atoms with E-state index in [9.17, 15) is 4.79 Å². The molecular formula is C13H12BrN3O2. The van der Waals surface area contributed by atoms with E-state index in [0.717, 1.165) is 15.7 Å². The average molecular weight is 322 g/mol. The van der Waals surface area contributed by atoms with Crippen molar-refractivity contribution in [1.82, 2.24) is 10.2 Å². The van der Waals surface area contributed by atoms with E-state index >= 15 is 0 Å². The van der Waals surface area contributed by atoms with E-state index in [1.54, 1.807) is 19.1 Å². The number of rotatable bonds is 4. The predicted molar refractivity (Wildman–Crippen MR) is 75.9 cm³/mol. The van der Waals surface area contributed by atoms with Crippen LogP contribution in [0.1, 0.15) is 6.92 Å². The zero-order valence-electron chi connectivity index (χ0n) is 10.2. The molecule has 1 aromatic carbocycles. The van der Waals surface area contributed by atoms with Crippen LogP contribution in [0.15, 0.2) is 40.9 Å². The van der Waals surface area contributed by atoms with Gasteiger partial charge in [-0.05, 0) is 31.2 Å². The van der Waals surface area contributed by atoms with Gasteiger partial charge in [-0.1, -0.05) is 28.1 Å². The van der Waals surface area contributed by atoms with Crippen molar-refractivity contribution in [1.29, 1.82) is 0 Å². The summed E-state index contributed by atoms with van der Waals surface area (Å²) < 4.78 is 0.966. The van der Waals surface area contributed by atoms with Gasteiger partial charge in [0.15, 0.2) is 0 Å². The molecule has 2 aromatic rings. The first kappa shape index (κ1) is 13.5. The summed E-state index contributed by atoms with van der Waals surface area (Å²) in [5, 5.41) is 19.6. The van der Waals surface area contributed by atoms with Gasteiger partial charge in [0.2, 0.25) is 0 Å². The molecule has 98 valence electrons. The second kappa shape index (κ2) is 5.79. The maximum atomic E-state index is 10.7. The number of carbonyl (C=O) groups is 1. The summed E-state index contributed by atoms with van der Waals surface area (Å²) >= 11 is 3.40. The standard InChI is InChI=1S/C13H12BrN3O2/c1-8(13(18)19)15-12-6-5-11(16-17-12)9-3-2-4-10(14)7-9/h2-8H,1H3,(H,15,17)(H,18,19). The molecule has 2 N–H and O–H groups in total. The molecule has 0 bridgehead atoms. The van der Waals surface area contributed by atoms with E-state index in [2.05, 4.69) is 31.4 Å². The number of nitrogens with one attached hydrogen (secondary N) is 1. The molecule has 1 atom stereocenters. The number of hydrogen-bond donors (Lipinski definition) is 2. The highest BCUT2D eigenvalue weighted by Gasteiger charge is 2.11. The summed E-state index contributed by atoms with van der Waals surface area (Å²) in [5.41, 5.74) is 1.68. The van der Waals surface area contributed by atoms with E-state index in [0.29, 0.717) is 5.82 Å². The molecule has 0 saturated carbocycles. The fourth-order valence-electron chi connectivity index (χ4n) is 1.49. The number of benzene rings is 1. The van der Waals surface area contributed by atoms with Gasteiger partial charge >= 0.3 is 5.97 Å². The number of aliphatic carboxylic acids is 1. The normalized spacial score (nSPS) is 11.9. The monoisotopic (exact) mass is 321 g/mol. The Hall–Kier alpha value is -1.95. The Bertz CT molecular complexity index is 587. The molecule has 0 radical (unpaired) electrons. The second-order valence-electron chi connectivity index (χ2n) is 4.02. The third-order valence-corrected chi connectivity index (χ3v) is 3.01. The first-order chi connectivity index (χ1) is 9.06. The van der Waals surface area contributed by atoms with Gasteiger partial charge in [-0.25, -0.2) is 0 Å². The minimum absolute atomic E-state index is 0.439. The number of carboxylic acids is 1. The lowest BCUT2D eigenvalue weighted by Crippen LogP contribution is -2.25. The number of halogens is 1. The predicted octanol–water partition coefficient (Wildman–Crippen LogP) is 2.79. The molecule has 2 rings (SSSR count). The van der Waals surface area contributed by atoms with Crippen molar-refractivity contribution in [2.75, 3.05) is 5.32 Å². The van der Waals surface area contributed by atoms with Crippen LogP contribution in [0.3, 0.4) is 0 Å². The first-order valence-corrected chi connectivity index (χ1v) is 6.44. The van der Waals surface area contributed by atoms with E-state index in [4.69, 9.17) is 5.11 Å². The molecule has 0 aliphatic rings. The molecule has 0 amide bonds. The molecule has 1 unspecified atom stereocenters. The number of aromatic nitrogens is 2. The summed E-state index contributed by atoms with van der Waals surface area (Å²) in [6, 6.07) is 10.5. The number of nitrogens with zero attached hydrogens (tertiary/aromatic N) is 2. The average Bonchev–Trinajstić information content (AvgIpc) is 2.39. The van der Waals surface area contributed by atoms with E-state index in [1.165, 1.54) is 0 Å². The molecule has 0 spiro atoms. The molecule has 6 heteroatoms. The van der Waals surface area contributed by atoms with Gasteiger partial charge in [0.1, 0.15) is 11.9 Å². The SMILES string of the molecule is CC(Nc1ccc(-c2cccc(Br)c2)nn1)C(=O)O. The van der Waals surface area contributed by atoms with Crippen LogP contribution in [0.4, 0.5) is 5.82 Å². The maximum Gasteiger partial charge on any atom is 0.325 e. The Morgan fingerprint density at radius 3 is 2.68 bits per heavy atom. The number of anilines is 1. The maximum absolute atomic E-state index is 10.7. The summed E-state index contributed by atoms with van der Waals surface area (Å²) in [5.74, 6) is -0.494. The highest BCUT2D eigenvalue weighted by atomic mass is 79.9. The quantitative estimate of drug-likeness (QED) is 0.905. The first-order valence-electron chi connectivity index (χ1n) is 5.65. The number of carboxylic acid groups (broad SMARTS) is 1. The molecule has 0 aliphatic heterocycles. The minimum Gasteiger partial charge on any atom is -0.480 e. The van der Waals surface area contributed by atoms with Gasteiger partial charge in [0, 0.05) is 10.0 Å². The van der Waals surface area contributed by atoms with Crippen molar-refractivity contribution in [3.05, 3.63) is 40.9 Å². The van der Waals surface area contributed by atoms with Gasteiger partial charge in [-0.2, -0.15) is 0 Å². The molecule has 1 aromatic heterocycles. The molecule has 0 saturated heterocycles. The van der Waals surface area contributed by atoms with Crippen molar-refractivity contribution >= 4 is 27.7 Å². The summed E-state index contributed by atoms with van der Waals surface area (Å²) in [6.07, 6.45) is 0. The Labute approximate surface area is 118 Å². The molecule has 0 fully saturated rings. The largest absolute Gasteiger partial charge is 0.480 e. The van der Waals surface area contributed by atoms with Crippen LogP contribution in [0.25, 0.3) is 11.3 Å². The third-order valence-electron chi connectivity index (χ3n) is 2.52. The van der Waals surface area contributed by atoms with Gasteiger partial charge in [-0.15, -0.1) is 10.2 Å². The van der Waals surface area contributed by atoms with Crippen LogP contribution in [0.2, 0.25) is 0 Å². The summed E-state index contributed by atoms with van der Waals surface area (Å²) in [7, 11) is 0. The third kappa shape index (κ3) is 3.51. The smallest absolute Gasteiger partial charge is 0.325 e. The van der Waals surface area contributed by atoms with Crippen LogP contribution < -0.4 is 5.32 Å². The molecular weight excluding hydrogens is 310 g/mol. The van der Waals surface area contributed by atoms with Crippen molar-refractivity contribution in [2.45, 2.75) is 13.0 Å². The van der Waals surface area contributed by atoms with Crippen molar-refractivity contribution < 1.29 is 9.90 Å². The van der Waals surface area contributed by atoms with Crippen molar-refractivity contribution in [3.63, 3.8) is 0 Å². The second-order valence-corrected chi connectivity index (χ2v) is 4.93. The zero-order valence-corrected chi connectivity index (χ0v) is 11.8.